The molecule has 3 N–H and O–H groups in total. The van der Waals surface area contributed by atoms with Crippen molar-refractivity contribution in [3.05, 3.63) is 47.1 Å². The normalized spacial score (nSPS) is 10.2. The lowest BCUT2D eigenvalue weighted by atomic mass is 10.4. The second kappa shape index (κ2) is 6.10. The van der Waals surface area contributed by atoms with Gasteiger partial charge in [-0.05, 0) is 18.2 Å². The average molecular weight is 282 g/mol. The minimum absolute atomic E-state index is 0.115. The molecule has 2 heterocycles. The molecule has 2 aromatic rings. The SMILES string of the molecule is O=C(CNC(=O)c1cc(Cl)c[nH]1)NCc1ccco1. The number of aromatic nitrogens is 1. The van der Waals surface area contributed by atoms with Gasteiger partial charge < -0.3 is 20.0 Å². The molecule has 0 unspecified atom stereocenters. The number of rotatable bonds is 5. The summed E-state index contributed by atoms with van der Waals surface area (Å²) in [5.41, 5.74) is 0.309. The summed E-state index contributed by atoms with van der Waals surface area (Å²) in [6.07, 6.45) is 3.02. The van der Waals surface area contributed by atoms with E-state index in [9.17, 15) is 9.59 Å². The molecule has 0 aliphatic heterocycles. The Balaban J connectivity index is 1.73. The molecule has 0 saturated carbocycles. The molecule has 0 bridgehead atoms. The molecular weight excluding hydrogens is 270 g/mol. The van der Waals surface area contributed by atoms with Crippen molar-refractivity contribution in [1.29, 1.82) is 0 Å². The van der Waals surface area contributed by atoms with Crippen LogP contribution in [0.1, 0.15) is 16.2 Å². The van der Waals surface area contributed by atoms with Crippen molar-refractivity contribution in [1.82, 2.24) is 15.6 Å². The summed E-state index contributed by atoms with van der Waals surface area (Å²) in [6.45, 7) is 0.173. The molecule has 0 aromatic carbocycles. The van der Waals surface area contributed by atoms with E-state index in [1.807, 2.05) is 0 Å². The molecule has 2 amide bonds. The first-order valence-electron chi connectivity index (χ1n) is 5.56. The molecule has 0 spiro atoms. The van der Waals surface area contributed by atoms with Gasteiger partial charge in [0.15, 0.2) is 0 Å². The minimum Gasteiger partial charge on any atom is -0.467 e. The summed E-state index contributed by atoms with van der Waals surface area (Å²) in [5, 5.41) is 5.52. The van der Waals surface area contributed by atoms with Crippen molar-refractivity contribution < 1.29 is 14.0 Å². The lowest BCUT2D eigenvalue weighted by Crippen LogP contribution is -2.36. The third kappa shape index (κ3) is 3.89. The first kappa shape index (κ1) is 13.2. The Bertz CT molecular complexity index is 563. The van der Waals surface area contributed by atoms with Crippen LogP contribution in [-0.2, 0) is 11.3 Å². The number of carbonyl (C=O) groups is 2. The second-order valence-corrected chi connectivity index (χ2v) is 4.21. The maximum absolute atomic E-state index is 11.6. The zero-order chi connectivity index (χ0) is 13.7. The number of H-pyrrole nitrogens is 1. The average Bonchev–Trinajstić information content (AvgIpc) is 3.04. The zero-order valence-electron chi connectivity index (χ0n) is 9.90. The Hall–Kier alpha value is -2.21. The van der Waals surface area contributed by atoms with E-state index in [1.54, 1.807) is 12.1 Å². The van der Waals surface area contributed by atoms with Gasteiger partial charge in [-0.15, -0.1) is 0 Å². The fraction of sp³-hybridized carbons (Fsp3) is 0.167. The Kier molecular flexibility index (Phi) is 4.25. The van der Waals surface area contributed by atoms with Crippen LogP contribution in [0.3, 0.4) is 0 Å². The number of carbonyl (C=O) groups excluding carboxylic acids is 2. The monoisotopic (exact) mass is 281 g/mol. The van der Waals surface area contributed by atoms with Crippen LogP contribution in [-0.4, -0.2) is 23.3 Å². The molecule has 0 aliphatic rings. The van der Waals surface area contributed by atoms with Gasteiger partial charge in [0, 0.05) is 6.20 Å². The van der Waals surface area contributed by atoms with Crippen molar-refractivity contribution in [2.45, 2.75) is 6.54 Å². The van der Waals surface area contributed by atoms with Crippen molar-refractivity contribution in [3.63, 3.8) is 0 Å². The van der Waals surface area contributed by atoms with E-state index in [1.165, 1.54) is 18.5 Å². The number of hydrogen-bond donors (Lipinski definition) is 3. The van der Waals surface area contributed by atoms with E-state index in [0.717, 1.165) is 0 Å². The number of hydrogen-bond acceptors (Lipinski definition) is 3. The van der Waals surface area contributed by atoms with Crippen molar-refractivity contribution >= 4 is 23.4 Å². The minimum atomic E-state index is -0.389. The van der Waals surface area contributed by atoms with Crippen LogP contribution in [0.4, 0.5) is 0 Å². The van der Waals surface area contributed by atoms with E-state index >= 15 is 0 Å². The van der Waals surface area contributed by atoms with Gasteiger partial charge in [0.1, 0.15) is 11.5 Å². The lowest BCUT2D eigenvalue weighted by molar-refractivity contribution is -0.120. The summed E-state index contributed by atoms with van der Waals surface area (Å²) < 4.78 is 5.06. The Labute approximate surface area is 114 Å². The highest BCUT2D eigenvalue weighted by molar-refractivity contribution is 6.30. The van der Waals surface area contributed by atoms with Crippen molar-refractivity contribution in [3.8, 4) is 0 Å². The predicted octanol–water partition coefficient (Wildman–Crippen LogP) is 1.31. The largest absolute Gasteiger partial charge is 0.467 e. The van der Waals surface area contributed by atoms with Crippen LogP contribution < -0.4 is 10.6 Å². The second-order valence-electron chi connectivity index (χ2n) is 3.77. The quantitative estimate of drug-likeness (QED) is 0.772. The molecule has 100 valence electrons. The van der Waals surface area contributed by atoms with Crippen LogP contribution in [0, 0.1) is 0 Å². The number of aromatic amines is 1. The van der Waals surface area contributed by atoms with Crippen molar-refractivity contribution in [2.75, 3.05) is 6.54 Å². The van der Waals surface area contributed by atoms with Crippen LogP contribution in [0.15, 0.2) is 35.1 Å². The van der Waals surface area contributed by atoms with Gasteiger partial charge in [-0.2, -0.15) is 0 Å². The molecular formula is C12H12ClN3O3. The van der Waals surface area contributed by atoms with Crippen LogP contribution in [0.25, 0.3) is 0 Å². The highest BCUT2D eigenvalue weighted by atomic mass is 35.5. The summed E-state index contributed by atoms with van der Waals surface area (Å²) >= 11 is 5.67. The third-order valence-electron chi connectivity index (χ3n) is 2.34. The summed E-state index contributed by atoms with van der Waals surface area (Å²) in [5.74, 6) is -0.0433. The standard InChI is InChI=1S/C12H12ClN3O3/c13-8-4-10(14-5-8)12(18)16-7-11(17)15-6-9-2-1-3-19-9/h1-5,14H,6-7H2,(H,15,17)(H,16,18). The molecule has 2 aromatic heterocycles. The van der Waals surface area contributed by atoms with E-state index in [-0.39, 0.29) is 24.9 Å². The van der Waals surface area contributed by atoms with E-state index < -0.39 is 0 Å². The predicted molar refractivity (Wildman–Crippen MR) is 68.7 cm³/mol. The van der Waals surface area contributed by atoms with E-state index in [4.69, 9.17) is 16.0 Å². The van der Waals surface area contributed by atoms with Crippen LogP contribution >= 0.6 is 11.6 Å². The van der Waals surface area contributed by atoms with Gasteiger partial charge in [0.2, 0.25) is 5.91 Å². The number of amides is 2. The maximum atomic E-state index is 11.6. The molecule has 0 fully saturated rings. The summed E-state index contributed by atoms with van der Waals surface area (Å²) in [6, 6.07) is 4.97. The van der Waals surface area contributed by atoms with Crippen LogP contribution in [0.5, 0.6) is 0 Å². The molecule has 0 saturated heterocycles. The molecule has 2 rings (SSSR count). The molecule has 0 radical (unpaired) electrons. The fourth-order valence-electron chi connectivity index (χ4n) is 1.42. The number of halogens is 1. The van der Waals surface area contributed by atoms with Crippen LogP contribution in [0.2, 0.25) is 5.02 Å². The Morgan fingerprint density at radius 3 is 2.84 bits per heavy atom. The molecule has 0 atom stereocenters. The molecule has 0 aliphatic carbocycles. The Morgan fingerprint density at radius 2 is 2.21 bits per heavy atom. The van der Waals surface area contributed by atoms with Gasteiger partial charge in [-0.1, -0.05) is 11.6 Å². The van der Waals surface area contributed by atoms with Gasteiger partial charge in [0.05, 0.1) is 24.4 Å². The van der Waals surface area contributed by atoms with E-state index in [2.05, 4.69) is 15.6 Å². The summed E-state index contributed by atoms with van der Waals surface area (Å²) in [7, 11) is 0. The maximum Gasteiger partial charge on any atom is 0.268 e. The topological polar surface area (TPSA) is 87.1 Å². The van der Waals surface area contributed by atoms with Gasteiger partial charge in [-0.3, -0.25) is 9.59 Å². The lowest BCUT2D eigenvalue weighted by Gasteiger charge is -2.04. The van der Waals surface area contributed by atoms with Crippen molar-refractivity contribution in [2.24, 2.45) is 0 Å². The molecule has 7 heteroatoms. The summed E-state index contributed by atoms with van der Waals surface area (Å²) in [4.78, 5) is 25.8. The fourth-order valence-corrected chi connectivity index (χ4v) is 1.58. The molecule has 6 nitrogen and oxygen atoms in total. The highest BCUT2D eigenvalue weighted by Crippen LogP contribution is 2.08. The highest BCUT2D eigenvalue weighted by Gasteiger charge is 2.09. The smallest absolute Gasteiger partial charge is 0.268 e. The van der Waals surface area contributed by atoms with Gasteiger partial charge in [0.25, 0.3) is 5.91 Å². The number of furan rings is 1. The molecule has 19 heavy (non-hydrogen) atoms. The Morgan fingerprint density at radius 1 is 1.37 bits per heavy atom. The van der Waals surface area contributed by atoms with E-state index in [0.29, 0.717) is 16.5 Å². The first-order chi connectivity index (χ1) is 9.15. The zero-order valence-corrected chi connectivity index (χ0v) is 10.7. The third-order valence-corrected chi connectivity index (χ3v) is 2.56. The first-order valence-corrected chi connectivity index (χ1v) is 5.94. The van der Waals surface area contributed by atoms with Gasteiger partial charge in [-0.25, -0.2) is 0 Å². The number of nitrogens with one attached hydrogen (secondary N) is 3. The van der Waals surface area contributed by atoms with Gasteiger partial charge >= 0.3 is 0 Å².